The van der Waals surface area contributed by atoms with Crippen LogP contribution in [0.25, 0.3) is 0 Å². The van der Waals surface area contributed by atoms with Gasteiger partial charge in [-0.25, -0.2) is 9.59 Å². The van der Waals surface area contributed by atoms with Crippen molar-refractivity contribution < 1.29 is 14.3 Å². The van der Waals surface area contributed by atoms with Crippen LogP contribution in [-0.4, -0.2) is 23.0 Å². The van der Waals surface area contributed by atoms with Gasteiger partial charge in [-0.3, -0.25) is 4.90 Å². The van der Waals surface area contributed by atoms with E-state index in [-0.39, 0.29) is 11.5 Å². The van der Waals surface area contributed by atoms with E-state index in [1.54, 1.807) is 0 Å². The molecule has 1 heterocycles. The highest BCUT2D eigenvalue weighted by atomic mass is 16.6. The van der Waals surface area contributed by atoms with Crippen molar-refractivity contribution in [2.24, 2.45) is 5.41 Å². The number of ether oxygens (including phenoxy) is 1. The highest BCUT2D eigenvalue weighted by molar-refractivity contribution is 5.96. The van der Waals surface area contributed by atoms with Gasteiger partial charge in [0, 0.05) is 0 Å². The van der Waals surface area contributed by atoms with Gasteiger partial charge in [-0.05, 0) is 17.9 Å². The van der Waals surface area contributed by atoms with E-state index in [1.165, 1.54) is 4.90 Å². The molecule has 1 aliphatic rings. The predicted molar refractivity (Wildman–Crippen MR) is 71.4 cm³/mol. The average Bonchev–Trinajstić information content (AvgIpc) is 2.64. The number of hydrogen-bond donors (Lipinski definition) is 0. The van der Waals surface area contributed by atoms with Crippen LogP contribution < -0.4 is 0 Å². The molecule has 0 radical (unpaired) electrons. The summed E-state index contributed by atoms with van der Waals surface area (Å²) >= 11 is 0. The lowest BCUT2D eigenvalue weighted by molar-refractivity contribution is -0.138. The summed E-state index contributed by atoms with van der Waals surface area (Å²) in [5, 5.41) is 0. The summed E-state index contributed by atoms with van der Waals surface area (Å²) in [7, 11) is 0. The van der Waals surface area contributed by atoms with Gasteiger partial charge >= 0.3 is 12.1 Å². The van der Waals surface area contributed by atoms with Crippen molar-refractivity contribution in [3.8, 4) is 0 Å². The Bertz CT molecular complexity index is 490. The monoisotopic (exact) mass is 261 g/mol. The molecule has 1 aromatic rings. The molecule has 1 fully saturated rings. The fourth-order valence-electron chi connectivity index (χ4n) is 2.46. The topological polar surface area (TPSA) is 46.6 Å². The van der Waals surface area contributed by atoms with Crippen molar-refractivity contribution in [1.82, 2.24) is 4.90 Å². The summed E-state index contributed by atoms with van der Waals surface area (Å²) in [6.07, 6.45) is -0.554. The van der Waals surface area contributed by atoms with E-state index in [1.807, 2.05) is 58.0 Å². The molecular weight excluding hydrogens is 242 g/mol. The van der Waals surface area contributed by atoms with Gasteiger partial charge in [0.1, 0.15) is 6.04 Å². The molecule has 2 atom stereocenters. The van der Waals surface area contributed by atoms with Crippen molar-refractivity contribution in [3.63, 3.8) is 0 Å². The number of cyclic esters (lactones) is 2. The molecule has 0 N–H and O–H groups in total. The second-order valence-electron chi connectivity index (χ2n) is 5.95. The lowest BCUT2D eigenvalue weighted by atomic mass is 9.85. The Morgan fingerprint density at radius 1 is 1.16 bits per heavy atom. The predicted octanol–water partition coefficient (Wildman–Crippen LogP) is 3.14. The molecule has 0 aromatic heterocycles. The highest BCUT2D eigenvalue weighted by Crippen LogP contribution is 2.36. The first-order chi connectivity index (χ1) is 8.82. The maximum atomic E-state index is 11.9. The molecule has 1 saturated heterocycles. The zero-order valence-corrected chi connectivity index (χ0v) is 11.7. The van der Waals surface area contributed by atoms with Crippen LogP contribution in [0.3, 0.4) is 0 Å². The van der Waals surface area contributed by atoms with Gasteiger partial charge in [0.25, 0.3) is 0 Å². The fourth-order valence-corrected chi connectivity index (χ4v) is 2.46. The van der Waals surface area contributed by atoms with Crippen LogP contribution in [0.15, 0.2) is 30.3 Å². The van der Waals surface area contributed by atoms with Gasteiger partial charge in [0.2, 0.25) is 0 Å². The molecule has 19 heavy (non-hydrogen) atoms. The molecule has 1 aromatic carbocycles. The number of benzene rings is 1. The minimum atomic E-state index is -0.554. The molecule has 4 nitrogen and oxygen atoms in total. The zero-order valence-electron chi connectivity index (χ0n) is 11.7. The number of carbonyl (C=O) groups excluding carboxylic acids is 2. The maximum absolute atomic E-state index is 11.9. The van der Waals surface area contributed by atoms with Crippen LogP contribution in [-0.2, 0) is 9.53 Å². The van der Waals surface area contributed by atoms with E-state index in [4.69, 9.17) is 4.74 Å². The van der Waals surface area contributed by atoms with Gasteiger partial charge < -0.3 is 4.74 Å². The summed E-state index contributed by atoms with van der Waals surface area (Å²) in [6, 6.07) is 8.91. The lowest BCUT2D eigenvalue weighted by Gasteiger charge is -2.34. The van der Waals surface area contributed by atoms with Gasteiger partial charge in [-0.15, -0.1) is 0 Å². The van der Waals surface area contributed by atoms with E-state index in [0.717, 1.165) is 5.56 Å². The molecule has 0 spiro atoms. The lowest BCUT2D eigenvalue weighted by Crippen LogP contribution is -2.45. The summed E-state index contributed by atoms with van der Waals surface area (Å²) in [6.45, 7) is 7.71. The molecule has 0 unspecified atom stereocenters. The number of carbonyl (C=O) groups is 2. The Kier molecular flexibility index (Phi) is 3.35. The van der Waals surface area contributed by atoms with E-state index in [2.05, 4.69) is 0 Å². The Balaban J connectivity index is 2.36. The van der Waals surface area contributed by atoms with Crippen molar-refractivity contribution in [3.05, 3.63) is 35.9 Å². The van der Waals surface area contributed by atoms with Crippen LogP contribution in [0.2, 0.25) is 0 Å². The van der Waals surface area contributed by atoms with E-state index in [9.17, 15) is 9.59 Å². The van der Waals surface area contributed by atoms with Crippen LogP contribution in [0.4, 0.5) is 4.79 Å². The van der Waals surface area contributed by atoms with E-state index >= 15 is 0 Å². The molecule has 0 aliphatic carbocycles. The Labute approximate surface area is 113 Å². The normalized spacial score (nSPS) is 21.5. The first-order valence-electron chi connectivity index (χ1n) is 6.41. The van der Waals surface area contributed by atoms with Crippen LogP contribution in [0.5, 0.6) is 0 Å². The average molecular weight is 261 g/mol. The maximum Gasteiger partial charge on any atom is 0.418 e. The molecule has 1 aliphatic heterocycles. The molecule has 2 rings (SSSR count). The van der Waals surface area contributed by atoms with Gasteiger partial charge in [-0.2, -0.15) is 0 Å². The third kappa shape index (κ3) is 2.48. The smallest absolute Gasteiger partial charge is 0.375 e. The molecule has 102 valence electrons. The molecule has 0 saturated carbocycles. The molecule has 4 heteroatoms. The van der Waals surface area contributed by atoms with Crippen LogP contribution in [0, 0.1) is 5.41 Å². The SMILES string of the molecule is C[C@@H](c1ccccc1)N1C(=O)OC(=O)[C@H]1C(C)(C)C. The van der Waals surface area contributed by atoms with Gasteiger partial charge in [-0.1, -0.05) is 51.1 Å². The third-order valence-electron chi connectivity index (χ3n) is 3.42. The Morgan fingerprint density at radius 3 is 2.26 bits per heavy atom. The largest absolute Gasteiger partial charge is 0.418 e. The number of amides is 1. The summed E-state index contributed by atoms with van der Waals surface area (Å²) in [4.78, 5) is 25.4. The summed E-state index contributed by atoms with van der Waals surface area (Å²) in [5.74, 6) is -0.458. The van der Waals surface area contributed by atoms with E-state index in [0.29, 0.717) is 0 Å². The first-order valence-corrected chi connectivity index (χ1v) is 6.41. The summed E-state index contributed by atoms with van der Waals surface area (Å²) in [5.41, 5.74) is 0.634. The van der Waals surface area contributed by atoms with Crippen LogP contribution in [0.1, 0.15) is 39.3 Å². The number of rotatable bonds is 2. The van der Waals surface area contributed by atoms with Gasteiger partial charge in [0.15, 0.2) is 0 Å². The second-order valence-corrected chi connectivity index (χ2v) is 5.95. The quantitative estimate of drug-likeness (QED) is 0.607. The molecular formula is C15H19NO3. The van der Waals surface area contributed by atoms with Gasteiger partial charge in [0.05, 0.1) is 6.04 Å². The fraction of sp³-hybridized carbons (Fsp3) is 0.467. The Hall–Kier alpha value is -1.84. The van der Waals surface area contributed by atoms with Crippen LogP contribution >= 0.6 is 0 Å². The zero-order chi connectivity index (χ0) is 14.2. The minimum Gasteiger partial charge on any atom is -0.375 e. The number of esters is 1. The first kappa shape index (κ1) is 13.6. The number of nitrogens with zero attached hydrogens (tertiary/aromatic N) is 1. The summed E-state index contributed by atoms with van der Waals surface area (Å²) < 4.78 is 4.80. The van der Waals surface area contributed by atoms with Crippen molar-refractivity contribution in [1.29, 1.82) is 0 Å². The Morgan fingerprint density at radius 2 is 1.74 bits per heavy atom. The third-order valence-corrected chi connectivity index (χ3v) is 3.42. The standard InChI is InChI=1S/C15H19NO3/c1-10(11-8-6-5-7-9-11)16-12(15(2,3)4)13(17)19-14(16)18/h5-10,12H,1-4H3/t10-,12-/m0/s1. The highest BCUT2D eigenvalue weighted by Gasteiger charge is 2.49. The van der Waals surface area contributed by atoms with E-state index < -0.39 is 18.1 Å². The van der Waals surface area contributed by atoms with Crippen molar-refractivity contribution >= 4 is 12.1 Å². The van der Waals surface area contributed by atoms with Crippen molar-refractivity contribution in [2.75, 3.05) is 0 Å². The van der Waals surface area contributed by atoms with Crippen molar-refractivity contribution in [2.45, 2.75) is 39.8 Å². The second kappa shape index (κ2) is 4.68. The molecule has 0 bridgehead atoms. The minimum absolute atomic E-state index is 0.190. The number of hydrogen-bond acceptors (Lipinski definition) is 3. The molecule has 1 amide bonds.